The molecule has 0 amide bonds. The van der Waals surface area contributed by atoms with Crippen LogP contribution in [-0.4, -0.2) is 13.0 Å². The second kappa shape index (κ2) is 4.63. The Labute approximate surface area is 117 Å². The van der Waals surface area contributed by atoms with E-state index in [4.69, 9.17) is 27.7 Å². The number of rotatable bonds is 3. The Balaban J connectivity index is 2.16. The maximum absolute atomic E-state index is 6.23. The van der Waals surface area contributed by atoms with Crippen LogP contribution in [-0.2, 0) is 6.32 Å². The van der Waals surface area contributed by atoms with E-state index in [2.05, 4.69) is 13.0 Å². The lowest BCUT2D eigenvalue weighted by atomic mass is 9.91. The van der Waals surface area contributed by atoms with E-state index >= 15 is 0 Å². The predicted molar refractivity (Wildman–Crippen MR) is 76.2 cm³/mol. The highest BCUT2D eigenvalue weighted by Crippen LogP contribution is 2.45. The van der Waals surface area contributed by atoms with E-state index in [0.717, 1.165) is 28.9 Å². The lowest BCUT2D eigenvalue weighted by Gasteiger charge is -2.05. The molecule has 0 atom stereocenters. The molecule has 0 N–H and O–H groups in total. The van der Waals surface area contributed by atoms with Gasteiger partial charge in [-0.15, -0.1) is 0 Å². The van der Waals surface area contributed by atoms with E-state index < -0.39 is 0 Å². The van der Waals surface area contributed by atoms with E-state index in [1.165, 1.54) is 12.8 Å². The average molecular weight is 280 g/mol. The van der Waals surface area contributed by atoms with Crippen molar-refractivity contribution in [3.63, 3.8) is 0 Å². The molecule has 2 aromatic rings. The van der Waals surface area contributed by atoms with Crippen LogP contribution in [0.2, 0.25) is 10.0 Å². The molecule has 0 radical (unpaired) electrons. The van der Waals surface area contributed by atoms with Crippen molar-refractivity contribution in [2.24, 2.45) is 0 Å². The van der Waals surface area contributed by atoms with E-state index in [1.807, 2.05) is 18.2 Å². The summed E-state index contributed by atoms with van der Waals surface area (Å²) in [6.07, 6.45) is 3.27. The minimum atomic E-state index is 0.544. The molecule has 0 bridgehead atoms. The third-order valence-corrected chi connectivity index (χ3v) is 3.95. The van der Waals surface area contributed by atoms with Gasteiger partial charge in [-0.1, -0.05) is 40.7 Å². The van der Waals surface area contributed by atoms with Gasteiger partial charge in [-0.05, 0) is 25.0 Å². The van der Waals surface area contributed by atoms with Crippen LogP contribution < -0.4 is 0 Å². The Morgan fingerprint density at radius 3 is 2.50 bits per heavy atom. The summed E-state index contributed by atoms with van der Waals surface area (Å²) in [5, 5.41) is 5.43. The second-order valence-corrected chi connectivity index (χ2v) is 5.41. The monoisotopic (exact) mass is 279 g/mol. The first-order valence-electron chi connectivity index (χ1n) is 6.15. The molecule has 5 heteroatoms. The van der Waals surface area contributed by atoms with Gasteiger partial charge in [0, 0.05) is 17.0 Å². The molecule has 1 fully saturated rings. The summed E-state index contributed by atoms with van der Waals surface area (Å²) in [7, 11) is 2.10. The fraction of sp³-hybridized carbons (Fsp3) is 0.308. The van der Waals surface area contributed by atoms with Crippen LogP contribution in [0.25, 0.3) is 11.3 Å². The molecular formula is C13H12BCl2NO. The molecule has 0 aliphatic heterocycles. The van der Waals surface area contributed by atoms with Crippen molar-refractivity contribution in [2.75, 3.05) is 0 Å². The first-order chi connectivity index (χ1) is 8.72. The van der Waals surface area contributed by atoms with Crippen molar-refractivity contribution >= 4 is 31.0 Å². The SMILES string of the molecule is BCc1c(-c2c(Cl)cccc2Cl)noc1C1CC1. The molecule has 92 valence electrons. The van der Waals surface area contributed by atoms with Crippen molar-refractivity contribution in [1.29, 1.82) is 0 Å². The lowest BCUT2D eigenvalue weighted by molar-refractivity contribution is 0.385. The number of benzene rings is 1. The Hall–Kier alpha value is -0.925. The average Bonchev–Trinajstić information content (AvgIpc) is 3.10. The van der Waals surface area contributed by atoms with Gasteiger partial charge in [0.25, 0.3) is 0 Å². The van der Waals surface area contributed by atoms with Crippen molar-refractivity contribution in [3.05, 3.63) is 39.6 Å². The zero-order chi connectivity index (χ0) is 12.7. The van der Waals surface area contributed by atoms with E-state index in [9.17, 15) is 0 Å². The summed E-state index contributed by atoms with van der Waals surface area (Å²) >= 11 is 12.5. The maximum atomic E-state index is 6.23. The minimum Gasteiger partial charge on any atom is -0.360 e. The molecule has 18 heavy (non-hydrogen) atoms. The van der Waals surface area contributed by atoms with Crippen LogP contribution in [0.3, 0.4) is 0 Å². The summed E-state index contributed by atoms with van der Waals surface area (Å²) in [6.45, 7) is 0. The normalized spacial score (nSPS) is 15.0. The van der Waals surface area contributed by atoms with Crippen molar-refractivity contribution in [2.45, 2.75) is 25.1 Å². The Bertz CT molecular complexity index is 572. The molecule has 1 aliphatic rings. The standard InChI is InChI=1S/C13H12BCl2NO/c14-6-8-12(17-18-13(8)7-4-5-7)11-9(15)2-1-3-10(11)16/h1-3,7H,4-6,14H2. The summed E-state index contributed by atoms with van der Waals surface area (Å²) in [5.74, 6) is 1.56. The minimum absolute atomic E-state index is 0.544. The van der Waals surface area contributed by atoms with Gasteiger partial charge < -0.3 is 4.52 Å². The molecule has 0 unspecified atom stereocenters. The van der Waals surface area contributed by atoms with Crippen LogP contribution >= 0.6 is 23.2 Å². The predicted octanol–water partition coefficient (Wildman–Crippen LogP) is 3.66. The summed E-state index contributed by atoms with van der Waals surface area (Å²) in [5.41, 5.74) is 2.73. The second-order valence-electron chi connectivity index (χ2n) is 4.60. The highest BCUT2D eigenvalue weighted by molar-refractivity contribution is 6.39. The third-order valence-electron chi connectivity index (χ3n) is 3.32. The first-order valence-corrected chi connectivity index (χ1v) is 6.90. The maximum Gasteiger partial charge on any atom is 0.142 e. The van der Waals surface area contributed by atoms with Crippen molar-refractivity contribution in [3.8, 4) is 11.3 Å². The molecule has 1 aliphatic carbocycles. The highest BCUT2D eigenvalue weighted by atomic mass is 35.5. The van der Waals surface area contributed by atoms with Crippen LogP contribution in [0.4, 0.5) is 0 Å². The van der Waals surface area contributed by atoms with Gasteiger partial charge >= 0.3 is 0 Å². The van der Waals surface area contributed by atoms with Crippen molar-refractivity contribution < 1.29 is 4.52 Å². The number of hydrogen-bond acceptors (Lipinski definition) is 2. The van der Waals surface area contributed by atoms with Gasteiger partial charge in [-0.2, -0.15) is 0 Å². The van der Waals surface area contributed by atoms with Gasteiger partial charge in [0.1, 0.15) is 19.3 Å². The number of aromatic nitrogens is 1. The summed E-state index contributed by atoms with van der Waals surface area (Å²) < 4.78 is 5.51. The number of hydrogen-bond donors (Lipinski definition) is 0. The van der Waals surface area contributed by atoms with Gasteiger partial charge in [-0.25, -0.2) is 0 Å². The van der Waals surface area contributed by atoms with Crippen LogP contribution in [0.1, 0.15) is 30.1 Å². The largest absolute Gasteiger partial charge is 0.360 e. The van der Waals surface area contributed by atoms with Crippen LogP contribution in [0.5, 0.6) is 0 Å². The molecule has 0 spiro atoms. The molecule has 1 aromatic carbocycles. The summed E-state index contributed by atoms with van der Waals surface area (Å²) in [4.78, 5) is 0. The molecule has 1 heterocycles. The quantitative estimate of drug-likeness (QED) is 0.802. The Kier molecular flexibility index (Phi) is 3.12. The van der Waals surface area contributed by atoms with E-state index in [-0.39, 0.29) is 0 Å². The topological polar surface area (TPSA) is 26.0 Å². The molecule has 2 nitrogen and oxygen atoms in total. The van der Waals surface area contributed by atoms with Gasteiger partial charge in [0.2, 0.25) is 0 Å². The first kappa shape index (κ1) is 12.1. The lowest BCUT2D eigenvalue weighted by Crippen LogP contribution is -1.92. The van der Waals surface area contributed by atoms with Gasteiger partial charge in [-0.3, -0.25) is 0 Å². The fourth-order valence-corrected chi connectivity index (χ4v) is 2.83. The smallest absolute Gasteiger partial charge is 0.142 e. The zero-order valence-corrected chi connectivity index (χ0v) is 11.6. The van der Waals surface area contributed by atoms with Gasteiger partial charge in [0.15, 0.2) is 0 Å². The molecule has 1 aromatic heterocycles. The highest BCUT2D eigenvalue weighted by Gasteiger charge is 2.32. The molecule has 0 saturated heterocycles. The molecule has 3 rings (SSSR count). The third kappa shape index (κ3) is 1.96. The number of halogens is 2. The molecular weight excluding hydrogens is 268 g/mol. The summed E-state index contributed by atoms with van der Waals surface area (Å²) in [6, 6.07) is 5.49. The Morgan fingerprint density at radius 1 is 1.28 bits per heavy atom. The zero-order valence-electron chi connectivity index (χ0n) is 10.0. The number of nitrogens with zero attached hydrogens (tertiary/aromatic N) is 1. The van der Waals surface area contributed by atoms with E-state index in [1.54, 1.807) is 0 Å². The fourth-order valence-electron chi connectivity index (χ4n) is 2.25. The van der Waals surface area contributed by atoms with Crippen LogP contribution in [0.15, 0.2) is 22.7 Å². The van der Waals surface area contributed by atoms with Gasteiger partial charge in [0.05, 0.1) is 10.0 Å². The Morgan fingerprint density at radius 2 is 1.94 bits per heavy atom. The van der Waals surface area contributed by atoms with E-state index in [0.29, 0.717) is 16.0 Å². The van der Waals surface area contributed by atoms with Crippen molar-refractivity contribution in [1.82, 2.24) is 5.16 Å². The molecule has 1 saturated carbocycles. The van der Waals surface area contributed by atoms with Crippen LogP contribution in [0, 0.1) is 0 Å².